The van der Waals surface area contributed by atoms with E-state index in [1.54, 1.807) is 12.3 Å². The van der Waals surface area contributed by atoms with Crippen LogP contribution < -0.4 is 5.43 Å². The van der Waals surface area contributed by atoms with Crippen LogP contribution in [-0.2, 0) is 6.42 Å². The van der Waals surface area contributed by atoms with Crippen molar-refractivity contribution < 1.29 is 0 Å². The van der Waals surface area contributed by atoms with Gasteiger partial charge in [-0.2, -0.15) is 0 Å². The number of fused-ring (bicyclic) bond motifs is 3. The molecule has 0 aliphatic carbocycles. The summed E-state index contributed by atoms with van der Waals surface area (Å²) in [7, 11) is 0. The summed E-state index contributed by atoms with van der Waals surface area (Å²) in [6.07, 6.45) is 6.41. The molecule has 0 saturated carbocycles. The van der Waals surface area contributed by atoms with E-state index in [4.69, 9.17) is 0 Å². The Morgan fingerprint density at radius 2 is 1.62 bits per heavy atom. The third-order valence-corrected chi connectivity index (χ3v) is 4.69. The van der Waals surface area contributed by atoms with Gasteiger partial charge in [-0.25, -0.2) is 0 Å². The quantitative estimate of drug-likeness (QED) is 0.493. The molecule has 0 amide bonds. The minimum atomic E-state index is 0.0738. The maximum atomic E-state index is 12.2. The molecule has 2 aromatic carbocycles. The summed E-state index contributed by atoms with van der Waals surface area (Å²) in [5, 5.41) is 3.10. The molecule has 0 fully saturated rings. The first-order valence-corrected chi connectivity index (χ1v) is 7.99. The number of pyridine rings is 2. The lowest BCUT2D eigenvalue weighted by molar-refractivity contribution is 1.14. The number of nitrogens with zero attached hydrogens (tertiary/aromatic N) is 2. The van der Waals surface area contributed by atoms with Crippen molar-refractivity contribution in [1.82, 2.24) is 9.38 Å². The van der Waals surface area contributed by atoms with Gasteiger partial charge < -0.3 is 4.40 Å². The molecule has 0 radical (unpaired) electrons. The van der Waals surface area contributed by atoms with E-state index in [-0.39, 0.29) is 5.43 Å². The van der Waals surface area contributed by atoms with Crippen molar-refractivity contribution in [2.45, 2.75) is 6.42 Å². The molecule has 5 rings (SSSR count). The van der Waals surface area contributed by atoms with Crippen LogP contribution in [0.3, 0.4) is 0 Å². The molecule has 0 spiro atoms. The van der Waals surface area contributed by atoms with Crippen LogP contribution in [0.5, 0.6) is 0 Å². The van der Waals surface area contributed by atoms with Gasteiger partial charge >= 0.3 is 0 Å². The zero-order valence-corrected chi connectivity index (χ0v) is 12.9. The largest absolute Gasteiger partial charge is 0.315 e. The molecular formula is C21H14N2O. The zero-order valence-electron chi connectivity index (χ0n) is 12.9. The van der Waals surface area contributed by atoms with Crippen LogP contribution in [0, 0.1) is 0 Å². The molecule has 0 unspecified atom stereocenters. The van der Waals surface area contributed by atoms with Crippen LogP contribution in [0.4, 0.5) is 0 Å². The summed E-state index contributed by atoms with van der Waals surface area (Å²) >= 11 is 0. The van der Waals surface area contributed by atoms with Crippen LogP contribution in [-0.4, -0.2) is 9.38 Å². The Morgan fingerprint density at radius 1 is 0.833 bits per heavy atom. The molecule has 114 valence electrons. The Kier molecular flexibility index (Phi) is 2.71. The van der Waals surface area contributed by atoms with Crippen molar-refractivity contribution in [3.63, 3.8) is 0 Å². The molecule has 24 heavy (non-hydrogen) atoms. The number of aromatic nitrogens is 2. The van der Waals surface area contributed by atoms with Crippen LogP contribution in [0.2, 0.25) is 0 Å². The Balaban J connectivity index is 1.90. The summed E-state index contributed by atoms with van der Waals surface area (Å²) in [6.45, 7) is 0. The molecule has 0 N–H and O–H groups in total. The standard InChI is InChI=1S/C21H14N2O/c24-19-9-11-23-20-15(12-14-4-3-10-22-13-14)5-1-6-16(20)17-7-2-8-18(19)21(17)23/h1-11,13H,12H2. The van der Waals surface area contributed by atoms with E-state index in [2.05, 4.69) is 39.7 Å². The second-order valence-corrected chi connectivity index (χ2v) is 6.10. The molecule has 3 nitrogen and oxygen atoms in total. The lowest BCUT2D eigenvalue weighted by Gasteiger charge is -2.06. The highest BCUT2D eigenvalue weighted by Crippen LogP contribution is 2.32. The minimum absolute atomic E-state index is 0.0738. The number of para-hydroxylation sites is 2. The lowest BCUT2D eigenvalue weighted by Crippen LogP contribution is -2.02. The molecule has 0 aliphatic heterocycles. The van der Waals surface area contributed by atoms with Gasteiger partial charge in [-0.05, 0) is 23.3 Å². The Hall–Kier alpha value is -3.20. The van der Waals surface area contributed by atoms with E-state index in [1.165, 1.54) is 22.0 Å². The third kappa shape index (κ3) is 1.78. The van der Waals surface area contributed by atoms with Crippen LogP contribution >= 0.6 is 0 Å². The van der Waals surface area contributed by atoms with Gasteiger partial charge in [0.05, 0.1) is 11.0 Å². The highest BCUT2D eigenvalue weighted by atomic mass is 16.1. The van der Waals surface area contributed by atoms with Crippen LogP contribution in [0.1, 0.15) is 11.1 Å². The molecule has 0 atom stereocenters. The van der Waals surface area contributed by atoms with Crippen molar-refractivity contribution in [2.75, 3.05) is 0 Å². The van der Waals surface area contributed by atoms with Gasteiger partial charge in [0.25, 0.3) is 0 Å². The lowest BCUT2D eigenvalue weighted by atomic mass is 10.0. The highest BCUT2D eigenvalue weighted by Gasteiger charge is 2.14. The Labute approximate surface area is 138 Å². The van der Waals surface area contributed by atoms with Crippen molar-refractivity contribution in [3.8, 4) is 0 Å². The van der Waals surface area contributed by atoms with Gasteiger partial charge in [0.15, 0.2) is 5.43 Å². The molecule has 0 aliphatic rings. The summed E-state index contributed by atoms with van der Waals surface area (Å²) in [4.78, 5) is 16.4. The molecule has 5 aromatic rings. The molecule has 3 heteroatoms. The summed E-state index contributed by atoms with van der Waals surface area (Å²) in [5.41, 5.74) is 4.68. The number of hydrogen-bond donors (Lipinski definition) is 0. The maximum Gasteiger partial charge on any atom is 0.189 e. The van der Waals surface area contributed by atoms with Gasteiger partial charge in [0.1, 0.15) is 0 Å². The predicted molar refractivity (Wildman–Crippen MR) is 96.9 cm³/mol. The summed E-state index contributed by atoms with van der Waals surface area (Å²) < 4.78 is 2.16. The monoisotopic (exact) mass is 310 g/mol. The fourth-order valence-electron chi connectivity index (χ4n) is 3.67. The topological polar surface area (TPSA) is 34.4 Å². The maximum absolute atomic E-state index is 12.2. The van der Waals surface area contributed by atoms with Crippen molar-refractivity contribution >= 4 is 27.2 Å². The summed E-state index contributed by atoms with van der Waals surface area (Å²) in [6, 6.07) is 18.1. The first kappa shape index (κ1) is 13.3. The van der Waals surface area contributed by atoms with Crippen molar-refractivity contribution in [3.05, 3.63) is 94.5 Å². The minimum Gasteiger partial charge on any atom is -0.315 e. The number of hydrogen-bond acceptors (Lipinski definition) is 2. The molecule has 0 saturated heterocycles. The molecule has 3 heterocycles. The van der Waals surface area contributed by atoms with Gasteiger partial charge in [0.2, 0.25) is 0 Å². The van der Waals surface area contributed by atoms with E-state index in [9.17, 15) is 4.79 Å². The van der Waals surface area contributed by atoms with Gasteiger partial charge in [-0.15, -0.1) is 0 Å². The second kappa shape index (κ2) is 4.90. The van der Waals surface area contributed by atoms with Gasteiger partial charge in [-0.1, -0.05) is 36.4 Å². The van der Waals surface area contributed by atoms with E-state index in [0.29, 0.717) is 0 Å². The fraction of sp³-hybridized carbons (Fsp3) is 0.0476. The second-order valence-electron chi connectivity index (χ2n) is 6.10. The average molecular weight is 310 g/mol. The molecular weight excluding hydrogens is 296 g/mol. The van der Waals surface area contributed by atoms with Crippen LogP contribution in [0.25, 0.3) is 27.2 Å². The first-order valence-electron chi connectivity index (χ1n) is 7.99. The SMILES string of the molecule is O=c1ccn2c3c(Cc4cccnc4)cccc3c3cccc1c32. The number of benzene rings is 2. The van der Waals surface area contributed by atoms with E-state index < -0.39 is 0 Å². The Bertz CT molecular complexity index is 1240. The third-order valence-electron chi connectivity index (χ3n) is 4.69. The van der Waals surface area contributed by atoms with E-state index in [1.807, 2.05) is 30.6 Å². The van der Waals surface area contributed by atoms with Gasteiger partial charge in [0, 0.05) is 47.2 Å². The highest BCUT2D eigenvalue weighted by molar-refractivity contribution is 6.14. The normalized spacial score (nSPS) is 11.7. The predicted octanol–water partition coefficient (Wildman–Crippen LogP) is 4.03. The Morgan fingerprint density at radius 3 is 2.46 bits per heavy atom. The van der Waals surface area contributed by atoms with Crippen LogP contribution in [0.15, 0.2) is 78.0 Å². The van der Waals surface area contributed by atoms with E-state index >= 15 is 0 Å². The zero-order chi connectivity index (χ0) is 16.1. The first-order chi connectivity index (χ1) is 11.8. The van der Waals surface area contributed by atoms with Crippen molar-refractivity contribution in [2.24, 2.45) is 0 Å². The average Bonchev–Trinajstić information content (AvgIpc) is 2.96. The smallest absolute Gasteiger partial charge is 0.189 e. The summed E-state index contributed by atoms with van der Waals surface area (Å²) in [5.74, 6) is 0. The molecule has 3 aromatic heterocycles. The molecule has 0 bridgehead atoms. The fourth-order valence-corrected chi connectivity index (χ4v) is 3.67. The number of rotatable bonds is 2. The van der Waals surface area contributed by atoms with E-state index in [0.717, 1.165) is 22.7 Å². The van der Waals surface area contributed by atoms with Gasteiger partial charge in [-0.3, -0.25) is 9.78 Å². The van der Waals surface area contributed by atoms with Crippen molar-refractivity contribution in [1.29, 1.82) is 0 Å².